The summed E-state index contributed by atoms with van der Waals surface area (Å²) in [5.41, 5.74) is 0. The lowest BCUT2D eigenvalue weighted by Gasteiger charge is -2.17. The van der Waals surface area contributed by atoms with Crippen molar-refractivity contribution in [1.29, 1.82) is 0 Å². The van der Waals surface area contributed by atoms with Crippen molar-refractivity contribution >= 4 is 15.3 Å². The van der Waals surface area contributed by atoms with Crippen molar-refractivity contribution in [2.24, 2.45) is 0 Å². The van der Waals surface area contributed by atoms with Gasteiger partial charge >= 0.3 is 15.3 Å². The molecule has 0 saturated carbocycles. The van der Waals surface area contributed by atoms with Crippen LogP contribution in [0.2, 0.25) is 6.04 Å². The summed E-state index contributed by atoms with van der Waals surface area (Å²) in [6.45, 7) is 4.05. The summed E-state index contributed by atoms with van der Waals surface area (Å²) in [6, 6.07) is 0.907. The normalized spacial score (nSPS) is 19.3. The molecule has 0 unspecified atom stereocenters. The molecule has 1 rings (SSSR count). The maximum atomic E-state index is 10.7. The molecule has 1 radical (unpaired) electrons. The molecule has 3 nitrogen and oxygen atoms in total. The Hall–Kier alpha value is -0.613. The van der Waals surface area contributed by atoms with Crippen LogP contribution in [0.3, 0.4) is 0 Å². The van der Waals surface area contributed by atoms with Crippen molar-refractivity contribution in [1.82, 2.24) is 0 Å². The first-order valence-corrected chi connectivity index (χ1v) is 5.18. The highest BCUT2D eigenvalue weighted by Gasteiger charge is 2.22. The molecular weight excluding hydrogens is 160 g/mol. The molecule has 0 aliphatic carbocycles. The predicted molar refractivity (Wildman–Crippen MR) is 42.0 cm³/mol. The zero-order valence-electron chi connectivity index (χ0n) is 6.34. The summed E-state index contributed by atoms with van der Waals surface area (Å²) >= 11 is 0. The largest absolute Gasteiger partial charge is 0.489 e. The van der Waals surface area contributed by atoms with E-state index >= 15 is 0 Å². The third-order valence-corrected chi connectivity index (χ3v) is 3.14. The number of hydrogen-bond donors (Lipinski definition) is 0. The molecule has 1 saturated heterocycles. The van der Waals surface area contributed by atoms with Crippen LogP contribution in [-0.4, -0.2) is 21.9 Å². The van der Waals surface area contributed by atoms with Crippen molar-refractivity contribution < 1.29 is 13.6 Å². The molecule has 0 atom stereocenters. The number of carbonyl (C=O) groups excluding carboxylic acids is 1. The average molecular weight is 171 g/mol. The van der Waals surface area contributed by atoms with E-state index in [1.54, 1.807) is 0 Å². The molecule has 0 amide bonds. The van der Waals surface area contributed by atoms with E-state index in [-0.39, 0.29) is 5.97 Å². The maximum Gasteiger partial charge on any atom is 0.460 e. The molecule has 11 heavy (non-hydrogen) atoms. The Morgan fingerprint density at radius 3 is 3.00 bits per heavy atom. The van der Waals surface area contributed by atoms with Crippen molar-refractivity contribution in [2.45, 2.75) is 18.9 Å². The number of rotatable bonds is 2. The van der Waals surface area contributed by atoms with E-state index in [0.717, 1.165) is 25.5 Å². The molecule has 0 N–H and O–H groups in total. The maximum absolute atomic E-state index is 10.7. The molecule has 0 aromatic rings. The third-order valence-electron chi connectivity index (χ3n) is 1.42. The van der Waals surface area contributed by atoms with Crippen LogP contribution < -0.4 is 0 Å². The fourth-order valence-corrected chi connectivity index (χ4v) is 2.39. The van der Waals surface area contributed by atoms with Crippen molar-refractivity contribution in [3.8, 4) is 0 Å². The van der Waals surface area contributed by atoms with Gasteiger partial charge in [0.1, 0.15) is 0 Å². The molecule has 1 aliphatic heterocycles. The lowest BCUT2D eigenvalue weighted by molar-refractivity contribution is -0.130. The Morgan fingerprint density at radius 1 is 1.64 bits per heavy atom. The van der Waals surface area contributed by atoms with Gasteiger partial charge < -0.3 is 8.85 Å². The first-order chi connectivity index (χ1) is 5.33. The lowest BCUT2D eigenvalue weighted by Crippen LogP contribution is -2.29. The first-order valence-electron chi connectivity index (χ1n) is 3.66. The van der Waals surface area contributed by atoms with Crippen LogP contribution in [-0.2, 0) is 13.6 Å². The highest BCUT2D eigenvalue weighted by atomic mass is 28.3. The van der Waals surface area contributed by atoms with Crippen molar-refractivity contribution in [3.05, 3.63) is 12.7 Å². The monoisotopic (exact) mass is 171 g/mol. The second-order valence-corrected chi connectivity index (χ2v) is 4.04. The van der Waals surface area contributed by atoms with Gasteiger partial charge in [0.25, 0.3) is 0 Å². The Morgan fingerprint density at radius 2 is 2.45 bits per heavy atom. The van der Waals surface area contributed by atoms with Gasteiger partial charge in [0, 0.05) is 18.7 Å². The van der Waals surface area contributed by atoms with E-state index in [1.807, 2.05) is 0 Å². The average Bonchev–Trinajstić information content (AvgIpc) is 2.06. The van der Waals surface area contributed by atoms with E-state index < -0.39 is 9.28 Å². The summed E-state index contributed by atoms with van der Waals surface area (Å²) in [4.78, 5) is 10.7. The zero-order chi connectivity index (χ0) is 8.10. The third kappa shape index (κ3) is 2.86. The minimum atomic E-state index is -1.28. The smallest absolute Gasteiger partial charge is 0.460 e. The quantitative estimate of drug-likeness (QED) is 0.459. The van der Waals surface area contributed by atoms with E-state index in [4.69, 9.17) is 8.85 Å². The minimum absolute atomic E-state index is 0.360. The molecule has 0 aromatic carbocycles. The topological polar surface area (TPSA) is 35.5 Å². The fourth-order valence-electron chi connectivity index (χ4n) is 0.864. The fraction of sp³-hybridized carbons (Fsp3) is 0.571. The lowest BCUT2D eigenvalue weighted by atomic mass is 10.4. The van der Waals surface area contributed by atoms with Gasteiger partial charge in [0.15, 0.2) is 0 Å². The van der Waals surface area contributed by atoms with Gasteiger partial charge in [-0.3, -0.25) is 0 Å². The minimum Gasteiger partial charge on any atom is -0.489 e. The standard InChI is InChI=1S/C7H11O3Si/c1-2-7(8)10-11-6-4-3-5-9-11/h2H,1,3-6H2. The van der Waals surface area contributed by atoms with Crippen LogP contribution in [0.15, 0.2) is 12.7 Å². The summed E-state index contributed by atoms with van der Waals surface area (Å²) in [5.74, 6) is -0.360. The zero-order valence-corrected chi connectivity index (χ0v) is 7.34. The number of hydrogen-bond acceptors (Lipinski definition) is 3. The van der Waals surface area contributed by atoms with Gasteiger partial charge in [-0.15, -0.1) is 0 Å². The van der Waals surface area contributed by atoms with Gasteiger partial charge in [-0.25, -0.2) is 4.79 Å². The van der Waals surface area contributed by atoms with E-state index in [2.05, 4.69) is 6.58 Å². The molecule has 1 fully saturated rings. The molecule has 0 bridgehead atoms. The van der Waals surface area contributed by atoms with Crippen LogP contribution >= 0.6 is 0 Å². The van der Waals surface area contributed by atoms with Crippen LogP contribution in [0.25, 0.3) is 0 Å². The Kier molecular flexibility index (Phi) is 3.32. The SMILES string of the molecule is C=CC(=O)O[Si]1CCCCO1. The highest BCUT2D eigenvalue weighted by Crippen LogP contribution is 2.11. The van der Waals surface area contributed by atoms with Gasteiger partial charge in [0.05, 0.1) is 0 Å². The Labute approximate surface area is 67.8 Å². The summed E-state index contributed by atoms with van der Waals surface area (Å²) in [6.07, 6.45) is 3.37. The van der Waals surface area contributed by atoms with E-state index in [9.17, 15) is 4.79 Å². The molecule has 0 aromatic heterocycles. The second kappa shape index (κ2) is 4.30. The van der Waals surface area contributed by atoms with Gasteiger partial charge in [-0.2, -0.15) is 0 Å². The Balaban J connectivity index is 2.24. The second-order valence-electron chi connectivity index (χ2n) is 2.30. The molecule has 1 aliphatic rings. The van der Waals surface area contributed by atoms with Gasteiger partial charge in [-0.05, 0) is 12.8 Å². The summed E-state index contributed by atoms with van der Waals surface area (Å²) < 4.78 is 10.2. The van der Waals surface area contributed by atoms with Crippen LogP contribution in [0.4, 0.5) is 0 Å². The number of carbonyl (C=O) groups is 1. The van der Waals surface area contributed by atoms with E-state index in [0.29, 0.717) is 0 Å². The van der Waals surface area contributed by atoms with Crippen LogP contribution in [0.5, 0.6) is 0 Å². The molecule has 1 heterocycles. The van der Waals surface area contributed by atoms with Gasteiger partial charge in [-0.1, -0.05) is 6.58 Å². The van der Waals surface area contributed by atoms with Crippen LogP contribution in [0, 0.1) is 0 Å². The van der Waals surface area contributed by atoms with Crippen LogP contribution in [0.1, 0.15) is 12.8 Å². The predicted octanol–water partition coefficient (Wildman–Crippen LogP) is 1.01. The highest BCUT2D eigenvalue weighted by molar-refractivity contribution is 6.47. The van der Waals surface area contributed by atoms with Crippen molar-refractivity contribution in [3.63, 3.8) is 0 Å². The molecule has 61 valence electrons. The molecule has 0 spiro atoms. The molecule has 4 heteroatoms. The summed E-state index contributed by atoms with van der Waals surface area (Å²) in [7, 11) is -1.28. The summed E-state index contributed by atoms with van der Waals surface area (Å²) in [5, 5.41) is 0. The van der Waals surface area contributed by atoms with Gasteiger partial charge in [0.2, 0.25) is 0 Å². The Bertz CT molecular complexity index is 152. The molecular formula is C7H11O3Si. The first kappa shape index (κ1) is 8.48. The van der Waals surface area contributed by atoms with Crippen molar-refractivity contribution in [2.75, 3.05) is 6.61 Å². The van der Waals surface area contributed by atoms with E-state index in [1.165, 1.54) is 6.08 Å².